The third kappa shape index (κ3) is 3.21. The molecule has 2 N–H and O–H groups in total. The third-order valence-corrected chi connectivity index (χ3v) is 3.69. The molecule has 19 heavy (non-hydrogen) atoms. The van der Waals surface area contributed by atoms with Crippen molar-refractivity contribution < 1.29 is 4.79 Å². The van der Waals surface area contributed by atoms with Crippen LogP contribution in [0.3, 0.4) is 0 Å². The Balaban J connectivity index is 2.62. The van der Waals surface area contributed by atoms with Crippen molar-refractivity contribution in [3.05, 3.63) is 57.0 Å². The average molecular weight is 315 g/mol. The first-order valence-corrected chi connectivity index (χ1v) is 6.63. The van der Waals surface area contributed by atoms with Crippen molar-refractivity contribution in [2.45, 2.75) is 6.42 Å². The molecule has 5 heteroatoms. The van der Waals surface area contributed by atoms with Gasteiger partial charge in [0.25, 0.3) is 0 Å². The van der Waals surface area contributed by atoms with Crippen molar-refractivity contribution in [1.82, 2.24) is 0 Å². The van der Waals surface area contributed by atoms with Crippen molar-refractivity contribution in [2.24, 2.45) is 5.73 Å². The van der Waals surface area contributed by atoms with E-state index in [1.165, 1.54) is 0 Å². The highest BCUT2D eigenvalue weighted by molar-refractivity contribution is 6.45. The Morgan fingerprint density at radius 3 is 2.42 bits per heavy atom. The monoisotopic (exact) mass is 313 g/mol. The van der Waals surface area contributed by atoms with Crippen LogP contribution in [0.1, 0.15) is 5.56 Å². The molecule has 2 aromatic carbocycles. The van der Waals surface area contributed by atoms with Crippen molar-refractivity contribution in [1.29, 1.82) is 0 Å². The van der Waals surface area contributed by atoms with Gasteiger partial charge in [0.05, 0.1) is 16.5 Å². The number of halogens is 3. The molecule has 0 aromatic heterocycles. The minimum Gasteiger partial charge on any atom is -0.369 e. The number of carbonyl (C=O) groups is 1. The molecule has 1 amide bonds. The lowest BCUT2D eigenvalue weighted by Crippen LogP contribution is -2.14. The van der Waals surface area contributed by atoms with E-state index in [0.717, 1.165) is 11.1 Å². The van der Waals surface area contributed by atoms with E-state index in [1.807, 2.05) is 24.3 Å². The van der Waals surface area contributed by atoms with Crippen LogP contribution in [0, 0.1) is 0 Å². The standard InChI is InChI=1S/C14H10Cl3NO/c15-9-6-11(14(17)12(16)7-9)10-4-2-1-3-8(10)5-13(18)19/h1-4,6-7H,5H2,(H2,18,19). The zero-order chi connectivity index (χ0) is 14.0. The normalized spacial score (nSPS) is 10.5. The second-order valence-corrected chi connectivity index (χ2v) is 5.27. The van der Waals surface area contributed by atoms with Gasteiger partial charge < -0.3 is 5.73 Å². The number of hydrogen-bond donors (Lipinski definition) is 1. The highest BCUT2D eigenvalue weighted by Gasteiger charge is 2.13. The fraction of sp³-hybridized carbons (Fsp3) is 0.0714. The van der Waals surface area contributed by atoms with Crippen LogP contribution in [0.15, 0.2) is 36.4 Å². The van der Waals surface area contributed by atoms with E-state index in [1.54, 1.807) is 12.1 Å². The van der Waals surface area contributed by atoms with Gasteiger partial charge in [-0.2, -0.15) is 0 Å². The largest absolute Gasteiger partial charge is 0.369 e. The van der Waals surface area contributed by atoms with Crippen molar-refractivity contribution in [3.63, 3.8) is 0 Å². The van der Waals surface area contributed by atoms with Gasteiger partial charge in [-0.1, -0.05) is 59.1 Å². The summed E-state index contributed by atoms with van der Waals surface area (Å²) in [6.07, 6.45) is 0.136. The first-order chi connectivity index (χ1) is 8.99. The van der Waals surface area contributed by atoms with Crippen LogP contribution >= 0.6 is 34.8 Å². The second-order valence-electron chi connectivity index (χ2n) is 4.05. The molecule has 0 unspecified atom stereocenters. The van der Waals surface area contributed by atoms with E-state index in [4.69, 9.17) is 40.5 Å². The van der Waals surface area contributed by atoms with E-state index in [9.17, 15) is 4.79 Å². The summed E-state index contributed by atoms with van der Waals surface area (Å²) in [5.74, 6) is -0.406. The van der Waals surface area contributed by atoms with E-state index in [-0.39, 0.29) is 6.42 Å². The summed E-state index contributed by atoms with van der Waals surface area (Å²) >= 11 is 18.2. The van der Waals surface area contributed by atoms with Gasteiger partial charge in [0.15, 0.2) is 0 Å². The highest BCUT2D eigenvalue weighted by atomic mass is 35.5. The lowest BCUT2D eigenvalue weighted by Gasteiger charge is -2.11. The van der Waals surface area contributed by atoms with Crippen LogP contribution in [0.4, 0.5) is 0 Å². The van der Waals surface area contributed by atoms with Gasteiger partial charge in [-0.05, 0) is 23.3 Å². The van der Waals surface area contributed by atoms with Crippen LogP contribution in [0.5, 0.6) is 0 Å². The predicted molar refractivity (Wildman–Crippen MR) is 79.8 cm³/mol. The van der Waals surface area contributed by atoms with Gasteiger partial charge >= 0.3 is 0 Å². The molecule has 2 aromatic rings. The number of primary amides is 1. The Morgan fingerprint density at radius 1 is 1.05 bits per heavy atom. The van der Waals surface area contributed by atoms with Gasteiger partial charge in [0.1, 0.15) is 0 Å². The minimum atomic E-state index is -0.406. The SMILES string of the molecule is NC(=O)Cc1ccccc1-c1cc(Cl)cc(Cl)c1Cl. The molecule has 0 fully saturated rings. The number of carbonyl (C=O) groups excluding carboxylic acids is 1. The van der Waals surface area contributed by atoms with E-state index >= 15 is 0 Å². The molecule has 0 heterocycles. The van der Waals surface area contributed by atoms with Crippen LogP contribution in [0.25, 0.3) is 11.1 Å². The molecule has 0 aliphatic carbocycles. The van der Waals surface area contributed by atoms with Gasteiger partial charge in [0, 0.05) is 10.6 Å². The van der Waals surface area contributed by atoms with E-state index in [2.05, 4.69) is 0 Å². The Labute approximate surface area is 126 Å². The topological polar surface area (TPSA) is 43.1 Å². The molecule has 0 saturated heterocycles. The maximum Gasteiger partial charge on any atom is 0.221 e. The van der Waals surface area contributed by atoms with E-state index < -0.39 is 5.91 Å². The molecule has 98 valence electrons. The first kappa shape index (κ1) is 14.2. The summed E-state index contributed by atoms with van der Waals surface area (Å²) < 4.78 is 0. The smallest absolute Gasteiger partial charge is 0.221 e. The fourth-order valence-corrected chi connectivity index (χ4v) is 2.58. The molecule has 0 spiro atoms. The number of benzene rings is 2. The average Bonchev–Trinajstić information content (AvgIpc) is 2.34. The first-order valence-electron chi connectivity index (χ1n) is 5.50. The quantitative estimate of drug-likeness (QED) is 0.841. The maximum atomic E-state index is 11.1. The van der Waals surface area contributed by atoms with E-state index in [0.29, 0.717) is 20.6 Å². The Hall–Kier alpha value is -1.22. The fourth-order valence-electron chi connectivity index (χ4n) is 1.88. The molecule has 0 bridgehead atoms. The summed E-state index contributed by atoms with van der Waals surface area (Å²) in [7, 11) is 0. The predicted octanol–water partition coefficient (Wildman–Crippen LogP) is 4.34. The summed E-state index contributed by atoms with van der Waals surface area (Å²) in [4.78, 5) is 11.1. The highest BCUT2D eigenvalue weighted by Crippen LogP contribution is 2.37. The van der Waals surface area contributed by atoms with Gasteiger partial charge in [-0.15, -0.1) is 0 Å². The Bertz CT molecular complexity index is 641. The lowest BCUT2D eigenvalue weighted by atomic mass is 9.97. The van der Waals surface area contributed by atoms with Crippen LogP contribution < -0.4 is 5.73 Å². The Morgan fingerprint density at radius 2 is 1.74 bits per heavy atom. The molecule has 0 atom stereocenters. The zero-order valence-electron chi connectivity index (χ0n) is 9.79. The van der Waals surface area contributed by atoms with Gasteiger partial charge in [-0.25, -0.2) is 0 Å². The number of hydrogen-bond acceptors (Lipinski definition) is 1. The Kier molecular flexibility index (Phi) is 4.35. The van der Waals surface area contributed by atoms with Crippen molar-refractivity contribution in [3.8, 4) is 11.1 Å². The summed E-state index contributed by atoms with van der Waals surface area (Å²) in [6.45, 7) is 0. The maximum absolute atomic E-state index is 11.1. The lowest BCUT2D eigenvalue weighted by molar-refractivity contribution is -0.117. The second kappa shape index (κ2) is 5.83. The molecule has 0 aliphatic rings. The van der Waals surface area contributed by atoms with Crippen LogP contribution in [-0.2, 0) is 11.2 Å². The molecule has 2 rings (SSSR count). The molecular weight excluding hydrogens is 305 g/mol. The molecule has 0 saturated carbocycles. The van der Waals surface area contributed by atoms with Gasteiger partial charge in [-0.3, -0.25) is 4.79 Å². The number of nitrogens with two attached hydrogens (primary N) is 1. The van der Waals surface area contributed by atoms with Gasteiger partial charge in [0.2, 0.25) is 5.91 Å². The third-order valence-electron chi connectivity index (χ3n) is 2.67. The van der Waals surface area contributed by atoms with Crippen LogP contribution in [-0.4, -0.2) is 5.91 Å². The number of rotatable bonds is 3. The number of amides is 1. The molecule has 0 radical (unpaired) electrons. The zero-order valence-corrected chi connectivity index (χ0v) is 12.1. The van der Waals surface area contributed by atoms with Crippen molar-refractivity contribution in [2.75, 3.05) is 0 Å². The van der Waals surface area contributed by atoms with Crippen LogP contribution in [0.2, 0.25) is 15.1 Å². The van der Waals surface area contributed by atoms with Crippen molar-refractivity contribution >= 4 is 40.7 Å². The summed E-state index contributed by atoms with van der Waals surface area (Å²) in [5, 5.41) is 1.26. The minimum absolute atomic E-state index is 0.136. The summed E-state index contributed by atoms with van der Waals surface area (Å²) in [6, 6.07) is 10.7. The molecule has 0 aliphatic heterocycles. The summed E-state index contributed by atoms with van der Waals surface area (Å²) in [5.41, 5.74) is 7.52. The molecular formula is C14H10Cl3NO. The molecule has 2 nitrogen and oxygen atoms in total.